The molecule has 0 saturated carbocycles. The quantitative estimate of drug-likeness (QED) is 0.419. The van der Waals surface area contributed by atoms with Crippen molar-refractivity contribution < 1.29 is 0 Å². The Bertz CT molecular complexity index is 108. The number of rotatable bonds is 2. The lowest BCUT2D eigenvalue weighted by atomic mass is 10.7. The third-order valence-corrected chi connectivity index (χ3v) is 0.663. The second-order valence-electron chi connectivity index (χ2n) is 1.02. The molecule has 0 aromatic rings. The standard InChI is InChI=1S/C4H8ClN3/c1-7-8-4(5)2-3-6/h2-3,7H,6H2,1H3. The van der Waals surface area contributed by atoms with Gasteiger partial charge in [-0.25, -0.2) is 0 Å². The van der Waals surface area contributed by atoms with Crippen LogP contribution in [0.4, 0.5) is 0 Å². The molecule has 0 aliphatic carbocycles. The Balaban J connectivity index is 3.61. The molecule has 0 rings (SSSR count). The molecule has 0 aromatic carbocycles. The lowest BCUT2D eigenvalue weighted by molar-refractivity contribution is 0.906. The molecule has 46 valence electrons. The van der Waals surface area contributed by atoms with E-state index in [1.54, 1.807) is 7.05 Å². The van der Waals surface area contributed by atoms with Gasteiger partial charge < -0.3 is 11.2 Å². The molecular formula is C4H8ClN3. The summed E-state index contributed by atoms with van der Waals surface area (Å²) >= 11 is 5.40. The summed E-state index contributed by atoms with van der Waals surface area (Å²) in [5.74, 6) is 0. The summed E-state index contributed by atoms with van der Waals surface area (Å²) in [5, 5.41) is 3.92. The van der Waals surface area contributed by atoms with Crippen molar-refractivity contribution in [3.63, 3.8) is 0 Å². The van der Waals surface area contributed by atoms with Crippen molar-refractivity contribution in [2.75, 3.05) is 7.05 Å². The first-order valence-electron chi connectivity index (χ1n) is 2.09. The van der Waals surface area contributed by atoms with E-state index in [2.05, 4.69) is 10.5 Å². The summed E-state index contributed by atoms with van der Waals surface area (Å²) in [6.07, 6.45) is 2.81. The Morgan fingerprint density at radius 3 is 2.88 bits per heavy atom. The summed E-state index contributed by atoms with van der Waals surface area (Å²) in [6, 6.07) is 0. The van der Waals surface area contributed by atoms with E-state index in [1.165, 1.54) is 12.3 Å². The van der Waals surface area contributed by atoms with Crippen molar-refractivity contribution in [1.29, 1.82) is 0 Å². The highest BCUT2D eigenvalue weighted by atomic mass is 35.5. The number of nitrogens with two attached hydrogens (primary N) is 1. The van der Waals surface area contributed by atoms with Crippen LogP contribution in [0.15, 0.2) is 17.4 Å². The van der Waals surface area contributed by atoms with Crippen LogP contribution >= 0.6 is 11.6 Å². The summed E-state index contributed by atoms with van der Waals surface area (Å²) in [5.41, 5.74) is 7.49. The first kappa shape index (κ1) is 7.30. The average Bonchev–Trinajstić information content (AvgIpc) is 1.68. The van der Waals surface area contributed by atoms with Crippen LogP contribution in [0.2, 0.25) is 0 Å². The molecule has 0 saturated heterocycles. The highest BCUT2D eigenvalue weighted by Gasteiger charge is 1.79. The molecule has 0 unspecified atom stereocenters. The van der Waals surface area contributed by atoms with Gasteiger partial charge in [0.25, 0.3) is 0 Å². The van der Waals surface area contributed by atoms with Gasteiger partial charge in [0.05, 0.1) is 0 Å². The van der Waals surface area contributed by atoms with Gasteiger partial charge in [-0.15, -0.1) is 0 Å². The van der Waals surface area contributed by atoms with E-state index in [-0.39, 0.29) is 0 Å². The minimum atomic E-state index is 0.343. The molecule has 0 bridgehead atoms. The van der Waals surface area contributed by atoms with E-state index in [9.17, 15) is 0 Å². The van der Waals surface area contributed by atoms with Crippen molar-refractivity contribution in [3.05, 3.63) is 12.3 Å². The van der Waals surface area contributed by atoms with E-state index < -0.39 is 0 Å². The van der Waals surface area contributed by atoms with Crippen molar-refractivity contribution in [3.8, 4) is 0 Å². The zero-order valence-electron chi connectivity index (χ0n) is 4.56. The molecule has 0 atom stereocenters. The van der Waals surface area contributed by atoms with Gasteiger partial charge in [0.15, 0.2) is 0 Å². The summed E-state index contributed by atoms with van der Waals surface area (Å²) < 4.78 is 0. The average molecular weight is 134 g/mol. The van der Waals surface area contributed by atoms with Gasteiger partial charge in [-0.1, -0.05) is 11.6 Å². The molecule has 8 heavy (non-hydrogen) atoms. The first-order chi connectivity index (χ1) is 3.81. The van der Waals surface area contributed by atoms with Crippen LogP contribution < -0.4 is 11.2 Å². The molecule has 3 N–H and O–H groups in total. The number of allylic oxidation sites excluding steroid dienone is 1. The summed E-state index contributed by atoms with van der Waals surface area (Å²) in [4.78, 5) is 0. The molecule has 0 aliphatic rings. The lowest BCUT2D eigenvalue weighted by Crippen LogP contribution is -1.97. The van der Waals surface area contributed by atoms with Crippen molar-refractivity contribution >= 4 is 16.8 Å². The first-order valence-corrected chi connectivity index (χ1v) is 2.47. The Labute approximate surface area is 53.2 Å². The monoisotopic (exact) mass is 133 g/mol. The van der Waals surface area contributed by atoms with Crippen LogP contribution in [-0.2, 0) is 0 Å². The lowest BCUT2D eigenvalue weighted by Gasteiger charge is -1.85. The third-order valence-electron chi connectivity index (χ3n) is 0.452. The van der Waals surface area contributed by atoms with Gasteiger partial charge in [-0.2, -0.15) is 5.10 Å². The van der Waals surface area contributed by atoms with Gasteiger partial charge >= 0.3 is 0 Å². The minimum Gasteiger partial charge on any atom is -0.405 e. The Kier molecular flexibility index (Phi) is 4.07. The highest BCUT2D eigenvalue weighted by molar-refractivity contribution is 6.68. The molecule has 0 aromatic heterocycles. The zero-order valence-corrected chi connectivity index (χ0v) is 5.31. The molecule has 3 nitrogen and oxygen atoms in total. The maximum atomic E-state index is 5.40. The number of hydrogen-bond donors (Lipinski definition) is 2. The summed E-state index contributed by atoms with van der Waals surface area (Å²) in [6.45, 7) is 0. The predicted octanol–water partition coefficient (Wildman–Crippen LogP) is 0.231. The van der Waals surface area contributed by atoms with Crippen LogP contribution in [0.25, 0.3) is 0 Å². The fourth-order valence-electron chi connectivity index (χ4n) is 0.223. The Morgan fingerprint density at radius 1 is 1.88 bits per heavy atom. The largest absolute Gasteiger partial charge is 0.405 e. The minimum absolute atomic E-state index is 0.343. The SMILES string of the molecule is CNN=C(Cl)C=CN. The molecule has 0 aliphatic heterocycles. The van der Waals surface area contributed by atoms with E-state index in [0.29, 0.717) is 5.17 Å². The number of nitrogens with zero attached hydrogens (tertiary/aromatic N) is 1. The van der Waals surface area contributed by atoms with Gasteiger partial charge in [0, 0.05) is 7.05 Å². The van der Waals surface area contributed by atoms with E-state index in [0.717, 1.165) is 0 Å². The van der Waals surface area contributed by atoms with Crippen molar-refractivity contribution in [2.24, 2.45) is 10.8 Å². The van der Waals surface area contributed by atoms with E-state index >= 15 is 0 Å². The molecule has 0 fully saturated rings. The maximum absolute atomic E-state index is 5.40. The molecule has 0 heterocycles. The van der Waals surface area contributed by atoms with Crippen LogP contribution in [-0.4, -0.2) is 12.2 Å². The van der Waals surface area contributed by atoms with Gasteiger partial charge in [0.1, 0.15) is 5.17 Å². The molecule has 4 heteroatoms. The smallest absolute Gasteiger partial charge is 0.150 e. The van der Waals surface area contributed by atoms with Crippen LogP contribution in [0.3, 0.4) is 0 Å². The number of nitrogens with one attached hydrogen (secondary N) is 1. The van der Waals surface area contributed by atoms with Gasteiger partial charge in [0.2, 0.25) is 0 Å². The van der Waals surface area contributed by atoms with Gasteiger partial charge in [-0.05, 0) is 12.3 Å². The number of hydrazone groups is 1. The molecule has 0 amide bonds. The second-order valence-corrected chi connectivity index (χ2v) is 1.40. The predicted molar refractivity (Wildman–Crippen MR) is 35.7 cm³/mol. The van der Waals surface area contributed by atoms with Crippen LogP contribution in [0.5, 0.6) is 0 Å². The Morgan fingerprint density at radius 2 is 2.50 bits per heavy atom. The van der Waals surface area contributed by atoms with Crippen molar-refractivity contribution in [2.45, 2.75) is 0 Å². The fraction of sp³-hybridized carbons (Fsp3) is 0.250. The fourth-order valence-corrected chi connectivity index (χ4v) is 0.381. The van der Waals surface area contributed by atoms with Crippen molar-refractivity contribution in [1.82, 2.24) is 5.43 Å². The molecule has 0 radical (unpaired) electrons. The Hall–Kier alpha value is -0.700. The van der Waals surface area contributed by atoms with Gasteiger partial charge in [-0.3, -0.25) is 0 Å². The maximum Gasteiger partial charge on any atom is 0.150 e. The molecule has 0 spiro atoms. The second kappa shape index (κ2) is 4.46. The van der Waals surface area contributed by atoms with Crippen LogP contribution in [0, 0.1) is 0 Å². The normalized spacial score (nSPS) is 12.5. The number of hydrogen-bond acceptors (Lipinski definition) is 3. The van der Waals surface area contributed by atoms with Crippen LogP contribution in [0.1, 0.15) is 0 Å². The zero-order chi connectivity index (χ0) is 6.41. The highest BCUT2D eigenvalue weighted by Crippen LogP contribution is 1.82. The number of halogens is 1. The topological polar surface area (TPSA) is 50.4 Å². The third kappa shape index (κ3) is 3.49. The summed E-state index contributed by atoms with van der Waals surface area (Å²) in [7, 11) is 1.66. The van der Waals surface area contributed by atoms with E-state index in [4.69, 9.17) is 17.3 Å². The van der Waals surface area contributed by atoms with E-state index in [1.807, 2.05) is 0 Å². The molecular weight excluding hydrogens is 126 g/mol.